The van der Waals surface area contributed by atoms with Gasteiger partial charge in [0.05, 0.1) is 6.42 Å². The fourth-order valence-electron chi connectivity index (χ4n) is 2.58. The van der Waals surface area contributed by atoms with Crippen molar-refractivity contribution in [1.82, 2.24) is 10.2 Å². The Morgan fingerprint density at radius 3 is 2.68 bits per heavy atom. The van der Waals surface area contributed by atoms with Crippen LogP contribution in [0.2, 0.25) is 5.02 Å². The molecule has 28 heavy (non-hydrogen) atoms. The largest absolute Gasteiger partial charge is 0.486 e. The van der Waals surface area contributed by atoms with Crippen molar-refractivity contribution in [2.45, 2.75) is 6.42 Å². The topological polar surface area (TPSA) is 95.7 Å². The van der Waals surface area contributed by atoms with Crippen LogP contribution in [0, 0.1) is 0 Å². The molecule has 0 radical (unpaired) electrons. The molecule has 0 unspecified atom stereocenters. The first-order chi connectivity index (χ1) is 13.7. The Morgan fingerprint density at radius 2 is 1.86 bits per heavy atom. The minimum absolute atomic E-state index is 0.0113. The lowest BCUT2D eigenvalue weighted by molar-refractivity contribution is -0.118. The molecule has 1 aliphatic rings. The Labute approximate surface area is 165 Å². The predicted molar refractivity (Wildman–Crippen MR) is 100 cm³/mol. The Kier molecular flexibility index (Phi) is 5.29. The highest BCUT2D eigenvalue weighted by atomic mass is 35.5. The molecule has 1 N–H and O–H groups in total. The molecule has 3 aromatic rings. The van der Waals surface area contributed by atoms with Crippen molar-refractivity contribution in [3.63, 3.8) is 0 Å². The van der Waals surface area contributed by atoms with Crippen molar-refractivity contribution in [2.24, 2.45) is 0 Å². The van der Waals surface area contributed by atoms with Crippen LogP contribution in [-0.4, -0.2) is 35.9 Å². The van der Waals surface area contributed by atoms with Crippen LogP contribution < -0.4 is 19.5 Å². The zero-order valence-corrected chi connectivity index (χ0v) is 15.4. The summed E-state index contributed by atoms with van der Waals surface area (Å²) in [5.74, 6) is 1.89. The second kappa shape index (κ2) is 8.18. The van der Waals surface area contributed by atoms with E-state index in [9.17, 15) is 4.79 Å². The first kappa shape index (κ1) is 18.1. The van der Waals surface area contributed by atoms with Crippen molar-refractivity contribution < 1.29 is 23.4 Å². The summed E-state index contributed by atoms with van der Waals surface area (Å²) in [4.78, 5) is 12.0. The van der Waals surface area contributed by atoms with E-state index in [0.29, 0.717) is 47.8 Å². The molecule has 2 heterocycles. The fraction of sp³-hybridized carbons (Fsp3) is 0.211. The molecule has 1 aliphatic heterocycles. The van der Waals surface area contributed by atoms with Crippen LogP contribution in [0.4, 0.5) is 6.01 Å². The van der Waals surface area contributed by atoms with Crippen molar-refractivity contribution in [2.75, 3.05) is 25.1 Å². The zero-order chi connectivity index (χ0) is 19.3. The lowest BCUT2D eigenvalue weighted by atomic mass is 10.1. The number of fused-ring (bicyclic) bond motifs is 1. The highest BCUT2D eigenvalue weighted by molar-refractivity contribution is 6.30. The number of ether oxygens (including phenoxy) is 3. The molecule has 1 amide bonds. The molecule has 2 aromatic carbocycles. The number of nitrogens with zero attached hydrogens (tertiary/aromatic N) is 2. The van der Waals surface area contributed by atoms with Crippen molar-refractivity contribution in [3.8, 4) is 17.2 Å². The Bertz CT molecular complexity index is 974. The quantitative estimate of drug-likeness (QED) is 0.677. The van der Waals surface area contributed by atoms with Crippen molar-refractivity contribution in [3.05, 3.63) is 58.9 Å². The van der Waals surface area contributed by atoms with Crippen molar-refractivity contribution >= 4 is 23.5 Å². The van der Waals surface area contributed by atoms with E-state index in [1.807, 2.05) is 18.2 Å². The van der Waals surface area contributed by atoms with Gasteiger partial charge in [-0.1, -0.05) is 22.8 Å². The third-order valence-electron chi connectivity index (χ3n) is 3.86. The summed E-state index contributed by atoms with van der Waals surface area (Å²) in [6, 6.07) is 12.3. The SMILES string of the molecule is O=C(COc1ccc(Cl)cc1)Nc1nnc(Cc2ccc3c(c2)OCCO3)o1. The van der Waals surface area contributed by atoms with Gasteiger partial charge >= 0.3 is 6.01 Å². The van der Waals surface area contributed by atoms with Gasteiger partial charge in [-0.25, -0.2) is 0 Å². The van der Waals surface area contributed by atoms with Crippen LogP contribution >= 0.6 is 11.6 Å². The van der Waals surface area contributed by atoms with Crippen LogP contribution in [-0.2, 0) is 11.2 Å². The number of hydrogen-bond donors (Lipinski definition) is 1. The molecule has 0 saturated heterocycles. The van der Waals surface area contributed by atoms with E-state index in [1.54, 1.807) is 24.3 Å². The number of anilines is 1. The van der Waals surface area contributed by atoms with Crippen LogP contribution in [0.25, 0.3) is 0 Å². The van der Waals surface area contributed by atoms with Gasteiger partial charge in [0.25, 0.3) is 5.91 Å². The number of aromatic nitrogens is 2. The van der Waals surface area contributed by atoms with E-state index >= 15 is 0 Å². The molecule has 8 nitrogen and oxygen atoms in total. The third kappa shape index (κ3) is 4.52. The Hall–Kier alpha value is -3.26. The zero-order valence-electron chi connectivity index (χ0n) is 14.7. The Morgan fingerprint density at radius 1 is 1.07 bits per heavy atom. The minimum Gasteiger partial charge on any atom is -0.486 e. The number of nitrogens with one attached hydrogen (secondary N) is 1. The summed E-state index contributed by atoms with van der Waals surface area (Å²) in [5.41, 5.74) is 0.928. The summed E-state index contributed by atoms with van der Waals surface area (Å²) >= 11 is 5.80. The van der Waals surface area contributed by atoms with Gasteiger partial charge in [-0.2, -0.15) is 0 Å². The number of amides is 1. The maximum absolute atomic E-state index is 12.0. The molecular formula is C19H16ClN3O5. The molecule has 0 aliphatic carbocycles. The van der Waals surface area contributed by atoms with E-state index < -0.39 is 5.91 Å². The molecule has 0 spiro atoms. The van der Waals surface area contributed by atoms with Crippen LogP contribution in [0.1, 0.15) is 11.5 Å². The summed E-state index contributed by atoms with van der Waals surface area (Å²) < 4.78 is 21.9. The second-order valence-electron chi connectivity index (χ2n) is 5.95. The number of halogens is 1. The monoisotopic (exact) mass is 401 g/mol. The molecule has 0 saturated carbocycles. The van der Waals surface area contributed by atoms with E-state index in [1.165, 1.54) is 0 Å². The standard InChI is InChI=1S/C19H16ClN3O5/c20-13-2-4-14(5-3-13)27-11-17(24)21-19-23-22-18(28-19)10-12-1-6-15-16(9-12)26-8-7-25-15/h1-6,9H,7-8,10-11H2,(H,21,23,24). The van der Waals surface area contributed by atoms with E-state index in [4.69, 9.17) is 30.2 Å². The van der Waals surface area contributed by atoms with Crippen LogP contribution in [0.15, 0.2) is 46.9 Å². The summed E-state index contributed by atoms with van der Waals surface area (Å²) in [6.07, 6.45) is 0.404. The molecule has 4 rings (SSSR count). The summed E-state index contributed by atoms with van der Waals surface area (Å²) in [6.45, 7) is 0.869. The number of hydrogen-bond acceptors (Lipinski definition) is 7. The molecule has 0 bridgehead atoms. The smallest absolute Gasteiger partial charge is 0.322 e. The fourth-order valence-corrected chi connectivity index (χ4v) is 2.71. The number of carbonyl (C=O) groups is 1. The summed E-state index contributed by atoms with van der Waals surface area (Å²) in [7, 11) is 0. The first-order valence-electron chi connectivity index (χ1n) is 8.55. The van der Waals surface area contributed by atoms with E-state index in [2.05, 4.69) is 15.5 Å². The maximum Gasteiger partial charge on any atom is 0.322 e. The second-order valence-corrected chi connectivity index (χ2v) is 6.38. The number of carbonyl (C=O) groups excluding carboxylic acids is 1. The van der Waals surface area contributed by atoms with Gasteiger partial charge in [-0.15, -0.1) is 5.10 Å². The molecule has 0 atom stereocenters. The van der Waals surface area contributed by atoms with Crippen molar-refractivity contribution in [1.29, 1.82) is 0 Å². The summed E-state index contributed by atoms with van der Waals surface area (Å²) in [5, 5.41) is 10.9. The van der Waals surface area contributed by atoms with Crippen LogP contribution in [0.5, 0.6) is 17.2 Å². The van der Waals surface area contributed by atoms with Gasteiger partial charge in [0.2, 0.25) is 5.89 Å². The van der Waals surface area contributed by atoms with Gasteiger partial charge in [0.15, 0.2) is 18.1 Å². The average molecular weight is 402 g/mol. The number of benzene rings is 2. The third-order valence-corrected chi connectivity index (χ3v) is 4.11. The lowest BCUT2D eigenvalue weighted by Gasteiger charge is -2.18. The number of rotatable bonds is 6. The average Bonchev–Trinajstić information content (AvgIpc) is 3.14. The maximum atomic E-state index is 12.0. The van der Waals surface area contributed by atoms with Gasteiger partial charge in [-0.05, 0) is 42.0 Å². The van der Waals surface area contributed by atoms with E-state index in [-0.39, 0.29) is 12.6 Å². The first-order valence-corrected chi connectivity index (χ1v) is 8.92. The minimum atomic E-state index is -0.413. The predicted octanol–water partition coefficient (Wildman–Crippen LogP) is 3.10. The van der Waals surface area contributed by atoms with Gasteiger partial charge < -0.3 is 18.6 Å². The Balaban J connectivity index is 1.31. The van der Waals surface area contributed by atoms with Gasteiger partial charge in [-0.3, -0.25) is 10.1 Å². The lowest BCUT2D eigenvalue weighted by Crippen LogP contribution is -2.20. The van der Waals surface area contributed by atoms with Gasteiger partial charge in [0.1, 0.15) is 19.0 Å². The highest BCUT2D eigenvalue weighted by Crippen LogP contribution is 2.31. The van der Waals surface area contributed by atoms with Crippen LogP contribution in [0.3, 0.4) is 0 Å². The van der Waals surface area contributed by atoms with E-state index in [0.717, 1.165) is 5.56 Å². The molecule has 144 valence electrons. The molecule has 0 fully saturated rings. The normalized spacial score (nSPS) is 12.5. The molecular weight excluding hydrogens is 386 g/mol. The highest BCUT2D eigenvalue weighted by Gasteiger charge is 2.14. The van der Waals surface area contributed by atoms with Gasteiger partial charge in [0, 0.05) is 5.02 Å². The molecule has 1 aromatic heterocycles. The molecule has 9 heteroatoms.